The lowest BCUT2D eigenvalue weighted by Gasteiger charge is -2.40. The van der Waals surface area contributed by atoms with E-state index in [1.807, 2.05) is 57.4 Å². The second kappa shape index (κ2) is 8.08. The first-order valence-electron chi connectivity index (χ1n) is 9.34. The molecule has 0 aliphatic carbocycles. The molecule has 144 valence electrons. The number of likely N-dealkylation sites (N-methyl/N-ethyl adjacent to an activating group) is 1. The van der Waals surface area contributed by atoms with E-state index in [0.717, 1.165) is 29.6 Å². The molecule has 1 fully saturated rings. The van der Waals surface area contributed by atoms with Crippen LogP contribution in [0.5, 0.6) is 0 Å². The van der Waals surface area contributed by atoms with Gasteiger partial charge in [0.15, 0.2) is 0 Å². The molecule has 1 aliphatic rings. The summed E-state index contributed by atoms with van der Waals surface area (Å²) in [5, 5.41) is 5.39. The van der Waals surface area contributed by atoms with E-state index in [4.69, 9.17) is 4.74 Å². The fourth-order valence-corrected chi connectivity index (χ4v) is 3.13. The second-order valence-corrected chi connectivity index (χ2v) is 7.54. The van der Waals surface area contributed by atoms with Crippen molar-refractivity contribution in [3.8, 4) is 0 Å². The number of carbonyl (C=O) groups excluding carboxylic acids is 1. The minimum atomic E-state index is -0.488. The van der Waals surface area contributed by atoms with Crippen LogP contribution in [0.25, 0.3) is 10.9 Å². The van der Waals surface area contributed by atoms with Crippen LogP contribution in [0.4, 0.5) is 4.79 Å². The molecule has 0 saturated carbocycles. The van der Waals surface area contributed by atoms with Crippen LogP contribution in [0.3, 0.4) is 0 Å². The first-order chi connectivity index (χ1) is 12.2. The number of hydrogen-bond donors (Lipinski definition) is 0. The van der Waals surface area contributed by atoms with E-state index < -0.39 is 5.60 Å². The fraction of sp³-hybridized carbons (Fsp3) is 0.600. The quantitative estimate of drug-likeness (QED) is 0.776. The zero-order chi connectivity index (χ0) is 19.5. The number of ether oxygens (including phenoxy) is 1. The van der Waals surface area contributed by atoms with E-state index in [2.05, 4.69) is 35.2 Å². The Morgan fingerprint density at radius 3 is 2.54 bits per heavy atom. The highest BCUT2D eigenvalue weighted by atomic mass is 16.6. The Morgan fingerprint density at radius 2 is 1.88 bits per heavy atom. The Hall–Kier alpha value is -2.08. The Labute approximate surface area is 156 Å². The van der Waals surface area contributed by atoms with Crippen LogP contribution in [0.1, 0.15) is 46.2 Å². The molecule has 0 N–H and O–H groups in total. The Kier molecular flexibility index (Phi) is 6.29. The van der Waals surface area contributed by atoms with Crippen LogP contribution in [0, 0.1) is 0 Å². The topological polar surface area (TPSA) is 50.6 Å². The predicted octanol–water partition coefficient (Wildman–Crippen LogP) is 3.82. The van der Waals surface area contributed by atoms with E-state index in [1.54, 1.807) is 0 Å². The molecule has 1 saturated heterocycles. The summed E-state index contributed by atoms with van der Waals surface area (Å²) >= 11 is 0. The maximum absolute atomic E-state index is 12.6. The lowest BCUT2D eigenvalue weighted by molar-refractivity contribution is 0.00108. The van der Waals surface area contributed by atoms with E-state index in [1.165, 1.54) is 0 Å². The van der Waals surface area contributed by atoms with Crippen LogP contribution in [0.2, 0.25) is 0 Å². The molecule has 3 rings (SSSR count). The molecule has 2 aromatic rings. The largest absolute Gasteiger partial charge is 0.444 e. The predicted molar refractivity (Wildman–Crippen MR) is 105 cm³/mol. The van der Waals surface area contributed by atoms with Gasteiger partial charge in [0.1, 0.15) is 5.60 Å². The molecule has 1 aromatic heterocycles. The number of rotatable bonds is 1. The summed E-state index contributed by atoms with van der Waals surface area (Å²) in [4.78, 5) is 16.7. The summed E-state index contributed by atoms with van der Waals surface area (Å²) in [5.41, 5.74) is 1.72. The summed E-state index contributed by atoms with van der Waals surface area (Å²) in [6.07, 6.45) is 1.62. The van der Waals surface area contributed by atoms with Gasteiger partial charge in [0.2, 0.25) is 0 Å². The van der Waals surface area contributed by atoms with Gasteiger partial charge in [0.25, 0.3) is 0 Å². The smallest absolute Gasteiger partial charge is 0.410 e. The third-order valence-electron chi connectivity index (χ3n) is 4.37. The normalized spacial score (nSPS) is 18.4. The zero-order valence-electron chi connectivity index (χ0n) is 17.1. The molecule has 1 aromatic carbocycles. The number of nitrogens with zero attached hydrogens (tertiary/aromatic N) is 4. The Bertz CT molecular complexity index is 748. The van der Waals surface area contributed by atoms with Crippen molar-refractivity contribution >= 4 is 17.0 Å². The monoisotopic (exact) mass is 360 g/mol. The molecular weight excluding hydrogens is 328 g/mol. The molecular formula is C20H32N4O2. The van der Waals surface area contributed by atoms with E-state index in [0.29, 0.717) is 6.54 Å². The van der Waals surface area contributed by atoms with Gasteiger partial charge >= 0.3 is 6.09 Å². The summed E-state index contributed by atoms with van der Waals surface area (Å²) in [7, 11) is 4.02. The highest BCUT2D eigenvalue weighted by Gasteiger charge is 2.33. The molecule has 1 atom stereocenters. The Balaban J connectivity index is 0.00000117. The molecule has 0 bridgehead atoms. The number of amides is 1. The van der Waals surface area contributed by atoms with Gasteiger partial charge in [-0.2, -0.15) is 5.10 Å². The van der Waals surface area contributed by atoms with Crippen molar-refractivity contribution in [1.29, 1.82) is 0 Å². The summed E-state index contributed by atoms with van der Waals surface area (Å²) in [6.45, 7) is 12.0. The summed E-state index contributed by atoms with van der Waals surface area (Å²) in [5.74, 6) is 0. The minimum Gasteiger partial charge on any atom is -0.444 e. The van der Waals surface area contributed by atoms with Crippen LogP contribution in [-0.4, -0.2) is 58.0 Å². The first kappa shape index (κ1) is 20.2. The maximum atomic E-state index is 12.6. The molecule has 6 nitrogen and oxygen atoms in total. The highest BCUT2D eigenvalue weighted by molar-refractivity contribution is 5.79. The van der Waals surface area contributed by atoms with Crippen molar-refractivity contribution in [1.82, 2.24) is 19.6 Å². The zero-order valence-corrected chi connectivity index (χ0v) is 17.1. The van der Waals surface area contributed by atoms with Crippen molar-refractivity contribution in [2.45, 2.75) is 46.3 Å². The fourth-order valence-electron chi connectivity index (χ4n) is 3.13. The molecule has 1 amide bonds. The van der Waals surface area contributed by atoms with Crippen molar-refractivity contribution in [3.63, 3.8) is 0 Å². The standard InChI is InChI=1S/C18H26N4O2.C2H6/c1-18(2,3)24-17(23)22-9-8-20(4)12-16(22)13-6-7-15-14(10-13)11-19-21(15)5;1-2/h6-7,10-11,16H,8-9,12H2,1-5H3;1-2H3. The van der Waals surface area contributed by atoms with E-state index in [-0.39, 0.29) is 12.1 Å². The van der Waals surface area contributed by atoms with Crippen LogP contribution >= 0.6 is 0 Å². The first-order valence-corrected chi connectivity index (χ1v) is 9.34. The van der Waals surface area contributed by atoms with Gasteiger partial charge in [-0.25, -0.2) is 4.79 Å². The number of carbonyl (C=O) groups is 1. The van der Waals surface area contributed by atoms with Gasteiger partial charge in [-0.05, 0) is 45.5 Å². The van der Waals surface area contributed by atoms with Gasteiger partial charge < -0.3 is 9.64 Å². The number of benzene rings is 1. The Morgan fingerprint density at radius 1 is 1.19 bits per heavy atom. The van der Waals surface area contributed by atoms with Gasteiger partial charge in [-0.3, -0.25) is 9.58 Å². The molecule has 1 unspecified atom stereocenters. The van der Waals surface area contributed by atoms with Crippen LogP contribution < -0.4 is 0 Å². The lowest BCUT2D eigenvalue weighted by atomic mass is 10.0. The molecule has 26 heavy (non-hydrogen) atoms. The number of aromatic nitrogens is 2. The minimum absolute atomic E-state index is 0.0109. The van der Waals surface area contributed by atoms with E-state index >= 15 is 0 Å². The molecule has 0 radical (unpaired) electrons. The maximum Gasteiger partial charge on any atom is 0.410 e. The van der Waals surface area contributed by atoms with Crippen LogP contribution in [0.15, 0.2) is 24.4 Å². The number of fused-ring (bicyclic) bond motifs is 1. The van der Waals surface area contributed by atoms with Crippen molar-refractivity contribution in [3.05, 3.63) is 30.0 Å². The van der Waals surface area contributed by atoms with Gasteiger partial charge in [-0.15, -0.1) is 0 Å². The third-order valence-corrected chi connectivity index (χ3v) is 4.37. The van der Waals surface area contributed by atoms with Crippen molar-refractivity contribution in [2.75, 3.05) is 26.7 Å². The van der Waals surface area contributed by atoms with Gasteiger partial charge in [-0.1, -0.05) is 19.9 Å². The SMILES string of the molecule is CC.CN1CCN(C(=O)OC(C)(C)C)C(c2ccc3c(cnn3C)c2)C1. The molecule has 1 aliphatic heterocycles. The summed E-state index contributed by atoms with van der Waals surface area (Å²) < 4.78 is 7.47. The number of hydrogen-bond acceptors (Lipinski definition) is 4. The number of aryl methyl sites for hydroxylation is 1. The summed E-state index contributed by atoms with van der Waals surface area (Å²) in [6, 6.07) is 6.28. The van der Waals surface area contributed by atoms with Gasteiger partial charge in [0.05, 0.1) is 17.8 Å². The average Bonchev–Trinajstić information content (AvgIpc) is 2.95. The number of piperazine rings is 1. The second-order valence-electron chi connectivity index (χ2n) is 7.54. The molecule has 6 heteroatoms. The van der Waals surface area contributed by atoms with Crippen molar-refractivity contribution < 1.29 is 9.53 Å². The van der Waals surface area contributed by atoms with Crippen LogP contribution in [-0.2, 0) is 11.8 Å². The molecule has 2 heterocycles. The van der Waals surface area contributed by atoms with Crippen molar-refractivity contribution in [2.24, 2.45) is 7.05 Å². The van der Waals surface area contributed by atoms with Gasteiger partial charge in [0, 0.05) is 32.1 Å². The lowest BCUT2D eigenvalue weighted by Crippen LogP contribution is -2.50. The highest BCUT2D eigenvalue weighted by Crippen LogP contribution is 2.29. The average molecular weight is 361 g/mol. The molecule has 0 spiro atoms. The third kappa shape index (κ3) is 4.55. The van der Waals surface area contributed by atoms with E-state index in [9.17, 15) is 4.79 Å².